The maximum Gasteiger partial charge on any atom is 0.262 e. The van der Waals surface area contributed by atoms with Gasteiger partial charge in [0.1, 0.15) is 0 Å². The van der Waals surface area contributed by atoms with Gasteiger partial charge in [0, 0.05) is 10.5 Å². The first-order valence-corrected chi connectivity index (χ1v) is 9.93. The fourth-order valence-electron chi connectivity index (χ4n) is 2.56. The van der Waals surface area contributed by atoms with Crippen LogP contribution >= 0.6 is 27.7 Å². The minimum Gasteiger partial charge on any atom is -0.324 e. The molecule has 0 saturated heterocycles. The van der Waals surface area contributed by atoms with E-state index in [0.717, 1.165) is 4.47 Å². The normalized spacial score (nSPS) is 11.1. The number of nitrogens with one attached hydrogen (secondary N) is 1. The second-order valence-corrected chi connectivity index (χ2v) is 7.79. The average molecular weight is 432 g/mol. The highest BCUT2D eigenvalue weighted by Crippen LogP contribution is 2.23. The Kier molecular flexibility index (Phi) is 5.78. The van der Waals surface area contributed by atoms with Crippen LogP contribution in [0.15, 0.2) is 63.0 Å². The van der Waals surface area contributed by atoms with E-state index in [-0.39, 0.29) is 23.3 Å². The lowest BCUT2D eigenvalue weighted by Gasteiger charge is -2.16. The fourth-order valence-corrected chi connectivity index (χ4v) is 3.87. The number of thioether (sulfide) groups is 1. The van der Waals surface area contributed by atoms with Gasteiger partial charge in [-0.2, -0.15) is 0 Å². The molecule has 0 radical (unpaired) electrons. The minimum atomic E-state index is -0.153. The zero-order chi connectivity index (χ0) is 18.7. The molecule has 7 heteroatoms. The average Bonchev–Trinajstić information content (AvgIpc) is 2.61. The van der Waals surface area contributed by atoms with E-state index in [1.54, 1.807) is 10.6 Å². The van der Waals surface area contributed by atoms with Gasteiger partial charge in [0.2, 0.25) is 5.91 Å². The summed E-state index contributed by atoms with van der Waals surface area (Å²) in [7, 11) is 0. The summed E-state index contributed by atoms with van der Waals surface area (Å²) < 4.78 is 2.46. The molecule has 0 aliphatic rings. The zero-order valence-electron chi connectivity index (χ0n) is 14.4. The molecular weight excluding hydrogens is 414 g/mol. The van der Waals surface area contributed by atoms with Gasteiger partial charge in [-0.1, -0.05) is 36.0 Å². The van der Waals surface area contributed by atoms with E-state index in [1.807, 2.05) is 56.3 Å². The quantitative estimate of drug-likeness (QED) is 0.477. The molecular formula is C19H18BrN3O2S. The van der Waals surface area contributed by atoms with Gasteiger partial charge in [0.25, 0.3) is 5.56 Å². The lowest BCUT2D eigenvalue weighted by Crippen LogP contribution is -2.25. The molecule has 0 atom stereocenters. The number of aromatic nitrogens is 2. The van der Waals surface area contributed by atoms with Crippen molar-refractivity contribution in [2.45, 2.75) is 25.0 Å². The summed E-state index contributed by atoms with van der Waals surface area (Å²) in [6, 6.07) is 14.6. The highest BCUT2D eigenvalue weighted by atomic mass is 79.9. The third kappa shape index (κ3) is 3.99. The summed E-state index contributed by atoms with van der Waals surface area (Å²) in [6.07, 6.45) is 0. The Morgan fingerprint density at radius 1 is 1.19 bits per heavy atom. The molecule has 1 amide bonds. The van der Waals surface area contributed by atoms with Crippen molar-refractivity contribution >= 4 is 50.2 Å². The summed E-state index contributed by atoms with van der Waals surface area (Å²) in [6.45, 7) is 3.87. The Morgan fingerprint density at radius 2 is 1.88 bits per heavy atom. The van der Waals surface area contributed by atoms with Gasteiger partial charge in [-0.15, -0.1) is 0 Å². The highest BCUT2D eigenvalue weighted by molar-refractivity contribution is 9.10. The molecule has 3 aromatic rings. The SMILES string of the molecule is CC(C)n1c(SCC(=O)Nc2ccccc2Br)nc2ccccc2c1=O. The van der Waals surface area contributed by atoms with Crippen molar-refractivity contribution in [2.75, 3.05) is 11.1 Å². The van der Waals surface area contributed by atoms with Crippen LogP contribution in [0.3, 0.4) is 0 Å². The largest absolute Gasteiger partial charge is 0.324 e. The van der Waals surface area contributed by atoms with Crippen LogP contribution in [0.5, 0.6) is 0 Å². The van der Waals surface area contributed by atoms with E-state index in [1.165, 1.54) is 11.8 Å². The van der Waals surface area contributed by atoms with Crippen molar-refractivity contribution in [3.63, 3.8) is 0 Å². The predicted molar refractivity (Wildman–Crippen MR) is 110 cm³/mol. The van der Waals surface area contributed by atoms with Crippen LogP contribution < -0.4 is 10.9 Å². The van der Waals surface area contributed by atoms with Crippen molar-refractivity contribution in [2.24, 2.45) is 0 Å². The number of rotatable bonds is 5. The Morgan fingerprint density at radius 3 is 2.62 bits per heavy atom. The molecule has 26 heavy (non-hydrogen) atoms. The molecule has 2 aromatic carbocycles. The van der Waals surface area contributed by atoms with Gasteiger partial charge < -0.3 is 5.32 Å². The van der Waals surface area contributed by atoms with Gasteiger partial charge in [-0.05, 0) is 54.0 Å². The number of amides is 1. The third-order valence-corrected chi connectivity index (χ3v) is 5.42. The second kappa shape index (κ2) is 8.05. The number of fused-ring (bicyclic) bond motifs is 1. The molecule has 0 bridgehead atoms. The van der Waals surface area contributed by atoms with Crippen molar-refractivity contribution < 1.29 is 4.79 Å². The summed E-state index contributed by atoms with van der Waals surface area (Å²) in [5.41, 5.74) is 1.27. The van der Waals surface area contributed by atoms with E-state index < -0.39 is 0 Å². The van der Waals surface area contributed by atoms with Crippen LogP contribution in [0.25, 0.3) is 10.9 Å². The first-order valence-electron chi connectivity index (χ1n) is 8.16. The number of hydrogen-bond donors (Lipinski definition) is 1. The number of carbonyl (C=O) groups is 1. The molecule has 0 unspecified atom stereocenters. The van der Waals surface area contributed by atoms with Crippen LogP contribution in [0.4, 0.5) is 5.69 Å². The number of anilines is 1. The van der Waals surface area contributed by atoms with Gasteiger partial charge in [-0.3, -0.25) is 14.2 Å². The Balaban J connectivity index is 1.84. The summed E-state index contributed by atoms with van der Waals surface area (Å²) in [4.78, 5) is 29.7. The Bertz CT molecular complexity index is 1020. The minimum absolute atomic E-state index is 0.0477. The number of benzene rings is 2. The molecule has 0 fully saturated rings. The number of carbonyl (C=O) groups excluding carboxylic acids is 1. The zero-order valence-corrected chi connectivity index (χ0v) is 16.8. The monoisotopic (exact) mass is 431 g/mol. The van der Waals surface area contributed by atoms with E-state index >= 15 is 0 Å². The summed E-state index contributed by atoms with van der Waals surface area (Å²) in [5.74, 6) is 0.0124. The van der Waals surface area contributed by atoms with Crippen molar-refractivity contribution in [1.29, 1.82) is 0 Å². The van der Waals surface area contributed by atoms with Gasteiger partial charge in [0.15, 0.2) is 5.16 Å². The van der Waals surface area contributed by atoms with E-state index in [0.29, 0.717) is 21.7 Å². The topological polar surface area (TPSA) is 64.0 Å². The molecule has 0 saturated carbocycles. The second-order valence-electron chi connectivity index (χ2n) is 6.00. The van der Waals surface area contributed by atoms with E-state index in [2.05, 4.69) is 26.2 Å². The highest BCUT2D eigenvalue weighted by Gasteiger charge is 2.15. The van der Waals surface area contributed by atoms with Gasteiger partial charge in [0.05, 0.1) is 22.3 Å². The molecule has 1 N–H and O–H groups in total. The third-order valence-electron chi connectivity index (χ3n) is 3.77. The fraction of sp³-hybridized carbons (Fsp3) is 0.211. The molecule has 0 aliphatic heterocycles. The van der Waals surface area contributed by atoms with E-state index in [4.69, 9.17) is 0 Å². The van der Waals surface area contributed by atoms with Gasteiger partial charge >= 0.3 is 0 Å². The first-order chi connectivity index (χ1) is 12.5. The number of nitrogens with zero attached hydrogens (tertiary/aromatic N) is 2. The smallest absolute Gasteiger partial charge is 0.262 e. The number of halogens is 1. The van der Waals surface area contributed by atoms with Crippen molar-refractivity contribution in [1.82, 2.24) is 9.55 Å². The predicted octanol–water partition coefficient (Wildman–Crippen LogP) is 4.47. The number of hydrogen-bond acceptors (Lipinski definition) is 4. The van der Waals surface area contributed by atoms with Crippen molar-refractivity contribution in [3.8, 4) is 0 Å². The molecule has 3 rings (SSSR count). The molecule has 5 nitrogen and oxygen atoms in total. The maximum atomic E-state index is 12.8. The maximum absolute atomic E-state index is 12.8. The summed E-state index contributed by atoms with van der Waals surface area (Å²) in [5, 5.41) is 3.99. The first kappa shape index (κ1) is 18.7. The number of para-hydroxylation sites is 2. The van der Waals surface area contributed by atoms with Crippen molar-refractivity contribution in [3.05, 3.63) is 63.4 Å². The lowest BCUT2D eigenvalue weighted by atomic mass is 10.2. The van der Waals surface area contributed by atoms with Crippen LogP contribution in [0.1, 0.15) is 19.9 Å². The van der Waals surface area contributed by atoms with Crippen LogP contribution in [-0.4, -0.2) is 21.2 Å². The van der Waals surface area contributed by atoms with Crippen LogP contribution in [0.2, 0.25) is 0 Å². The van der Waals surface area contributed by atoms with E-state index in [9.17, 15) is 9.59 Å². The molecule has 1 aromatic heterocycles. The molecule has 1 heterocycles. The summed E-state index contributed by atoms with van der Waals surface area (Å²) >= 11 is 4.67. The standard InChI is InChI=1S/C19H18BrN3O2S/c1-12(2)23-18(25)13-7-3-5-9-15(13)22-19(23)26-11-17(24)21-16-10-6-4-8-14(16)20/h3-10,12H,11H2,1-2H3,(H,21,24). The van der Waals surface area contributed by atoms with Gasteiger partial charge in [-0.25, -0.2) is 4.98 Å². The lowest BCUT2D eigenvalue weighted by molar-refractivity contribution is -0.113. The van der Waals surface area contributed by atoms with Crippen LogP contribution in [0, 0.1) is 0 Å². The van der Waals surface area contributed by atoms with Crippen LogP contribution in [-0.2, 0) is 4.79 Å². The molecule has 134 valence electrons. The Hall–Kier alpha value is -2.12. The molecule has 0 spiro atoms. The molecule has 0 aliphatic carbocycles. The Labute approximate surface area is 164 Å².